The molecule has 27 heavy (non-hydrogen) atoms. The predicted molar refractivity (Wildman–Crippen MR) is 95.0 cm³/mol. The van der Waals surface area contributed by atoms with E-state index in [-0.39, 0.29) is 13.0 Å². The van der Waals surface area contributed by atoms with E-state index in [9.17, 15) is 22.8 Å². The Morgan fingerprint density at radius 3 is 2.15 bits per heavy atom. The number of aliphatic carboxylic acids is 1. The van der Waals surface area contributed by atoms with Crippen molar-refractivity contribution in [2.75, 3.05) is 6.54 Å². The van der Waals surface area contributed by atoms with Gasteiger partial charge in [0.15, 0.2) is 12.4 Å². The number of aromatic nitrogens is 1. The molecular formula is C18H30F3N2O4+. The number of carbonyl (C=O) groups excluding carboxylic acids is 1. The number of aromatic amines is 1. The molecule has 0 aliphatic rings. The molecule has 0 aliphatic carbocycles. The van der Waals surface area contributed by atoms with Crippen LogP contribution in [0, 0.1) is 0 Å². The molecule has 0 saturated carbocycles. The number of hydrogen-bond donors (Lipinski definition) is 1. The van der Waals surface area contributed by atoms with E-state index in [2.05, 4.69) is 9.72 Å². The van der Waals surface area contributed by atoms with Crippen LogP contribution in [0.2, 0.25) is 0 Å². The number of amides is 1. The molecule has 0 unspecified atom stereocenters. The van der Waals surface area contributed by atoms with E-state index >= 15 is 0 Å². The van der Waals surface area contributed by atoms with Crippen LogP contribution >= 0.6 is 0 Å². The van der Waals surface area contributed by atoms with Gasteiger partial charge in [0.05, 0.1) is 0 Å². The summed E-state index contributed by atoms with van der Waals surface area (Å²) in [5.41, 5.74) is -0.949. The van der Waals surface area contributed by atoms with Crippen molar-refractivity contribution in [3.63, 3.8) is 0 Å². The molecule has 0 aromatic carbocycles. The van der Waals surface area contributed by atoms with Crippen LogP contribution < -0.4 is 4.98 Å². The molecule has 1 rings (SSSR count). The summed E-state index contributed by atoms with van der Waals surface area (Å²) in [6, 6.07) is 3.56. The molecule has 0 aliphatic heterocycles. The summed E-state index contributed by atoms with van der Waals surface area (Å²) < 4.78 is 40.0. The molecule has 156 valence electrons. The van der Waals surface area contributed by atoms with Crippen LogP contribution in [0.1, 0.15) is 53.5 Å². The summed E-state index contributed by atoms with van der Waals surface area (Å²) in [7, 11) is 0. The second kappa shape index (κ2) is 12.9. The highest BCUT2D eigenvalue weighted by molar-refractivity contribution is 5.83. The van der Waals surface area contributed by atoms with E-state index in [4.69, 9.17) is 5.11 Å². The van der Waals surface area contributed by atoms with Gasteiger partial charge in [0, 0.05) is 18.2 Å². The van der Waals surface area contributed by atoms with E-state index in [0.717, 1.165) is 19.4 Å². The molecule has 1 heterocycles. The van der Waals surface area contributed by atoms with Gasteiger partial charge in [-0.2, -0.15) is 0 Å². The van der Waals surface area contributed by atoms with Gasteiger partial charge >= 0.3 is 18.4 Å². The Morgan fingerprint density at radius 2 is 1.74 bits per heavy atom. The van der Waals surface area contributed by atoms with Gasteiger partial charge in [0.25, 0.3) is 0 Å². The molecule has 1 aromatic heterocycles. The van der Waals surface area contributed by atoms with Gasteiger partial charge in [0.2, 0.25) is 0 Å². The van der Waals surface area contributed by atoms with Gasteiger partial charge in [-0.3, -0.25) is 4.90 Å². The molecule has 0 fully saturated rings. The number of nitrogens with zero attached hydrogens (tertiary/aromatic N) is 1. The lowest BCUT2D eigenvalue weighted by atomic mass is 10.0. The van der Waals surface area contributed by atoms with Gasteiger partial charge in [-0.15, -0.1) is 13.2 Å². The second-order valence-electron chi connectivity index (χ2n) is 5.34. The highest BCUT2D eigenvalue weighted by atomic mass is 19.4. The maximum atomic E-state index is 12.2. The zero-order valence-corrected chi connectivity index (χ0v) is 16.7. The molecule has 1 aromatic rings. The molecule has 9 heteroatoms. The molecule has 0 atom stereocenters. The molecule has 0 spiro atoms. The molecule has 0 saturated heterocycles. The summed E-state index contributed by atoms with van der Waals surface area (Å²) in [4.78, 5) is 26.3. The maximum Gasteiger partial charge on any atom is 0.576 e. The summed E-state index contributed by atoms with van der Waals surface area (Å²) in [6.45, 7) is 10.1. The summed E-state index contributed by atoms with van der Waals surface area (Å²) >= 11 is 0. The number of hydrogen-bond acceptors (Lipinski definition) is 3. The lowest BCUT2D eigenvalue weighted by Crippen LogP contribution is -2.54. The van der Waals surface area contributed by atoms with Crippen LogP contribution in [0.3, 0.4) is 0 Å². The third-order valence-electron chi connectivity index (χ3n) is 3.24. The van der Waals surface area contributed by atoms with Gasteiger partial charge in [0.1, 0.15) is 5.54 Å². The average Bonchev–Trinajstić information content (AvgIpc) is 2.61. The molecule has 6 nitrogen and oxygen atoms in total. The zero-order chi connectivity index (χ0) is 21.7. The van der Waals surface area contributed by atoms with Crippen molar-refractivity contribution in [2.24, 2.45) is 0 Å². The van der Waals surface area contributed by atoms with Crippen molar-refractivity contribution >= 4 is 12.1 Å². The molecule has 0 bridgehead atoms. The highest BCUT2D eigenvalue weighted by Gasteiger charge is 2.43. The Labute approximate surface area is 158 Å². The fourth-order valence-corrected chi connectivity index (χ4v) is 1.90. The van der Waals surface area contributed by atoms with Crippen molar-refractivity contribution in [3.8, 4) is 0 Å². The number of ether oxygens (including phenoxy) is 1. The number of pyridine rings is 1. The van der Waals surface area contributed by atoms with E-state index in [1.54, 1.807) is 24.5 Å². The summed E-state index contributed by atoms with van der Waals surface area (Å²) in [5.74, 6) is -1.43. The van der Waals surface area contributed by atoms with Crippen LogP contribution in [-0.2, 0) is 16.0 Å². The number of halogens is 3. The number of aryl methyl sites for hydroxylation is 1. The second-order valence-corrected chi connectivity index (χ2v) is 5.34. The van der Waals surface area contributed by atoms with E-state index in [1.807, 2.05) is 27.7 Å². The summed E-state index contributed by atoms with van der Waals surface area (Å²) in [5, 5.41) is 9.14. The van der Waals surface area contributed by atoms with E-state index in [1.165, 1.54) is 0 Å². The lowest BCUT2D eigenvalue weighted by Gasteiger charge is -2.34. The van der Waals surface area contributed by atoms with Crippen LogP contribution in [-0.4, -0.2) is 40.5 Å². The fraction of sp³-hybridized carbons (Fsp3) is 0.611. The summed E-state index contributed by atoms with van der Waals surface area (Å²) in [6.07, 6.45) is -2.75. The smallest absolute Gasteiger partial charge is 0.480 e. The van der Waals surface area contributed by atoms with Crippen molar-refractivity contribution in [1.82, 2.24) is 4.90 Å². The standard InChI is InChI=1S/C14H17F3N2O4.2C2H6/c1-13(2,11(20)21)19(12(22)23-14(15,16)17)8-4-6-10-5-3-7-18-9-10;2*1-2/h3,5,7,9H,4,6,8H2,1-2H3,(H,20,21);2*1-2H3/p+1. The number of nitrogens with one attached hydrogen (secondary N) is 1. The Morgan fingerprint density at radius 1 is 1.19 bits per heavy atom. The van der Waals surface area contributed by atoms with Crippen LogP contribution in [0.5, 0.6) is 0 Å². The minimum Gasteiger partial charge on any atom is -0.480 e. The Kier molecular flexibility index (Phi) is 12.9. The Hall–Kier alpha value is -2.32. The topological polar surface area (TPSA) is 81.0 Å². The Balaban J connectivity index is 0. The first-order valence-electron chi connectivity index (χ1n) is 8.80. The van der Waals surface area contributed by atoms with Gasteiger partial charge in [-0.05, 0) is 32.8 Å². The minimum atomic E-state index is -5.17. The van der Waals surface area contributed by atoms with Crippen molar-refractivity contribution in [2.45, 2.75) is 66.3 Å². The van der Waals surface area contributed by atoms with Crippen molar-refractivity contribution in [1.29, 1.82) is 0 Å². The molecule has 1 amide bonds. The van der Waals surface area contributed by atoms with Crippen molar-refractivity contribution in [3.05, 3.63) is 30.1 Å². The van der Waals surface area contributed by atoms with Crippen LogP contribution in [0.4, 0.5) is 18.0 Å². The third kappa shape index (κ3) is 10.4. The van der Waals surface area contributed by atoms with Crippen LogP contribution in [0.15, 0.2) is 24.5 Å². The van der Waals surface area contributed by atoms with E-state index in [0.29, 0.717) is 11.3 Å². The van der Waals surface area contributed by atoms with Gasteiger partial charge < -0.3 is 9.84 Å². The molecule has 2 N–H and O–H groups in total. The Bertz CT molecular complexity index is 549. The van der Waals surface area contributed by atoms with Crippen LogP contribution in [0.25, 0.3) is 0 Å². The van der Waals surface area contributed by atoms with E-state index < -0.39 is 24.0 Å². The number of alkyl halides is 3. The average molecular weight is 395 g/mol. The quantitative estimate of drug-likeness (QED) is 0.778. The first kappa shape index (κ1) is 26.9. The number of carbonyl (C=O) groups is 2. The molecule has 0 radical (unpaired) electrons. The van der Waals surface area contributed by atoms with Crippen molar-refractivity contribution < 1.29 is 37.6 Å². The minimum absolute atomic E-state index is 0.191. The maximum absolute atomic E-state index is 12.2. The predicted octanol–water partition coefficient (Wildman–Crippen LogP) is 4.31. The number of rotatable bonds is 6. The first-order chi connectivity index (χ1) is 12.5. The number of carboxylic acids is 1. The fourth-order valence-electron chi connectivity index (χ4n) is 1.90. The lowest BCUT2D eigenvalue weighted by molar-refractivity contribution is -0.378. The SMILES string of the molecule is CC.CC.CC(C)(C(=O)O)N(CCCc1ccc[nH+]c1)C(=O)OC(F)(F)F. The zero-order valence-electron chi connectivity index (χ0n) is 16.7. The highest BCUT2D eigenvalue weighted by Crippen LogP contribution is 2.23. The van der Waals surface area contributed by atoms with Gasteiger partial charge in [-0.1, -0.05) is 27.7 Å². The molecular weight excluding hydrogens is 365 g/mol. The number of carboxylic acid groups (broad SMARTS) is 1. The largest absolute Gasteiger partial charge is 0.576 e. The normalized spacial score (nSPS) is 10.6. The third-order valence-corrected chi connectivity index (χ3v) is 3.24. The first-order valence-corrected chi connectivity index (χ1v) is 8.80. The number of H-pyrrole nitrogens is 1. The monoisotopic (exact) mass is 395 g/mol. The van der Waals surface area contributed by atoms with Gasteiger partial charge in [-0.25, -0.2) is 14.6 Å².